The molecule has 0 amide bonds. The van der Waals surface area contributed by atoms with E-state index in [1.807, 2.05) is 60.3 Å². The van der Waals surface area contributed by atoms with Crippen molar-refractivity contribution in [2.45, 2.75) is 12.6 Å². The first-order valence-electron chi connectivity index (χ1n) is 9.07. The van der Waals surface area contributed by atoms with Gasteiger partial charge in [0.15, 0.2) is 6.54 Å². The number of aromatic nitrogens is 2. The zero-order valence-electron chi connectivity index (χ0n) is 15.8. The first kappa shape index (κ1) is 18.6. The number of rotatable bonds is 7. The van der Waals surface area contributed by atoms with E-state index in [4.69, 9.17) is 9.15 Å². The lowest BCUT2D eigenvalue weighted by molar-refractivity contribution is 0.0406. The molecule has 4 rings (SSSR count). The first-order valence-corrected chi connectivity index (χ1v) is 9.07. The Hall–Kier alpha value is -2.77. The zero-order chi connectivity index (χ0) is 19.5. The molecule has 2 radical (unpaired) electrons. The smallest absolute Gasteiger partial charge is 0.247 e. The van der Waals surface area contributed by atoms with Gasteiger partial charge in [0.25, 0.3) is 0 Å². The summed E-state index contributed by atoms with van der Waals surface area (Å²) < 4.78 is 25.6. The van der Waals surface area contributed by atoms with Crippen LogP contribution in [0.3, 0.4) is 0 Å². The van der Waals surface area contributed by atoms with Crippen LogP contribution in [-0.2, 0) is 6.54 Å². The van der Waals surface area contributed by atoms with E-state index in [1.54, 1.807) is 6.07 Å². The van der Waals surface area contributed by atoms with E-state index >= 15 is 0 Å². The number of likely N-dealkylation sites (tertiary alicyclic amines) is 1. The normalized spacial score (nSPS) is 15.0. The molecule has 0 bridgehead atoms. The minimum absolute atomic E-state index is 0.0249. The van der Waals surface area contributed by atoms with Gasteiger partial charge in [0.2, 0.25) is 11.8 Å². The van der Waals surface area contributed by atoms with Gasteiger partial charge in [-0.3, -0.25) is 4.90 Å². The lowest BCUT2D eigenvalue weighted by atomic mass is 10.1. The van der Waals surface area contributed by atoms with Crippen molar-refractivity contribution in [1.29, 1.82) is 0 Å². The molecule has 6 nitrogen and oxygen atoms in total. The van der Waals surface area contributed by atoms with Crippen LogP contribution in [0.4, 0.5) is 4.39 Å². The second-order valence-electron chi connectivity index (χ2n) is 7.03. The standard InChI is InChI=1S/C21H21FN4O2/c1-25(2)11-16-8-9-17(10-19(16)22)27-18-12-26(13-18)14-20-23-24-21(28-20)15-6-4-3-5-7-15/h3-10,18H,11-13H2,1-2H3. The van der Waals surface area contributed by atoms with Crippen LogP contribution < -0.4 is 4.74 Å². The van der Waals surface area contributed by atoms with Crippen LogP contribution in [0, 0.1) is 12.4 Å². The average molecular weight is 380 g/mol. The molecule has 28 heavy (non-hydrogen) atoms. The first-order chi connectivity index (χ1) is 13.6. The van der Waals surface area contributed by atoms with Crippen LogP contribution in [0.5, 0.6) is 5.75 Å². The molecule has 7 heteroatoms. The molecule has 0 saturated carbocycles. The third-order valence-corrected chi connectivity index (χ3v) is 4.36. The molecule has 1 saturated heterocycles. The number of benzene rings is 2. The molecule has 1 aromatic heterocycles. The molecule has 3 aromatic rings. The van der Waals surface area contributed by atoms with Crippen molar-refractivity contribution in [3.05, 3.63) is 72.3 Å². The highest BCUT2D eigenvalue weighted by Crippen LogP contribution is 2.24. The Bertz CT molecular complexity index is 923. The molecule has 1 aliphatic heterocycles. The highest BCUT2D eigenvalue weighted by molar-refractivity contribution is 5.51. The number of nitrogens with zero attached hydrogens (tertiary/aromatic N) is 4. The maximum atomic E-state index is 14.1. The van der Waals surface area contributed by atoms with Crippen molar-refractivity contribution < 1.29 is 13.5 Å². The van der Waals surface area contributed by atoms with Gasteiger partial charge in [-0.25, -0.2) is 4.39 Å². The van der Waals surface area contributed by atoms with Crippen LogP contribution in [0.1, 0.15) is 11.5 Å². The van der Waals surface area contributed by atoms with Gasteiger partial charge in [0.1, 0.15) is 17.7 Å². The molecule has 1 fully saturated rings. The SMILES string of the molecule is CN(C)Cc1ccc(OC2CN([C]c3nnc(-c4ccccc4)o3)C2)cc1F. The summed E-state index contributed by atoms with van der Waals surface area (Å²) in [5, 5.41) is 8.05. The van der Waals surface area contributed by atoms with E-state index in [9.17, 15) is 4.39 Å². The summed E-state index contributed by atoms with van der Waals surface area (Å²) in [6.07, 6.45) is -0.0249. The van der Waals surface area contributed by atoms with Gasteiger partial charge >= 0.3 is 0 Å². The quantitative estimate of drug-likeness (QED) is 0.628. The Morgan fingerprint density at radius 2 is 1.96 bits per heavy atom. The Kier molecular flexibility index (Phi) is 5.36. The molecular weight excluding hydrogens is 359 g/mol. The minimum Gasteiger partial charge on any atom is -0.488 e. The summed E-state index contributed by atoms with van der Waals surface area (Å²) in [7, 11) is 3.82. The van der Waals surface area contributed by atoms with Crippen molar-refractivity contribution in [3.8, 4) is 17.2 Å². The summed E-state index contributed by atoms with van der Waals surface area (Å²) in [6.45, 7) is 4.88. The lowest BCUT2D eigenvalue weighted by Crippen LogP contribution is -2.52. The second-order valence-corrected chi connectivity index (χ2v) is 7.03. The van der Waals surface area contributed by atoms with Crippen molar-refractivity contribution in [2.24, 2.45) is 0 Å². The van der Waals surface area contributed by atoms with Crippen molar-refractivity contribution >= 4 is 0 Å². The van der Waals surface area contributed by atoms with E-state index in [2.05, 4.69) is 16.7 Å². The molecule has 0 N–H and O–H groups in total. The fourth-order valence-electron chi connectivity index (χ4n) is 2.97. The minimum atomic E-state index is -0.250. The van der Waals surface area contributed by atoms with Gasteiger partial charge in [-0.15, -0.1) is 10.2 Å². The monoisotopic (exact) mass is 380 g/mol. The van der Waals surface area contributed by atoms with E-state index in [0.29, 0.717) is 42.7 Å². The van der Waals surface area contributed by atoms with Crippen LogP contribution in [0.2, 0.25) is 0 Å². The number of hydrogen-bond donors (Lipinski definition) is 0. The molecule has 1 aliphatic rings. The fourth-order valence-corrected chi connectivity index (χ4v) is 2.97. The van der Waals surface area contributed by atoms with Gasteiger partial charge in [-0.05, 0) is 32.3 Å². The van der Waals surface area contributed by atoms with Gasteiger partial charge in [-0.1, -0.05) is 24.3 Å². The molecule has 0 aliphatic carbocycles. The predicted molar refractivity (Wildman–Crippen MR) is 102 cm³/mol. The summed E-state index contributed by atoms with van der Waals surface area (Å²) in [5.41, 5.74) is 1.52. The maximum Gasteiger partial charge on any atom is 0.247 e. The molecule has 144 valence electrons. The van der Waals surface area contributed by atoms with Gasteiger partial charge in [0, 0.05) is 36.8 Å². The Balaban J connectivity index is 1.27. The Morgan fingerprint density at radius 3 is 2.68 bits per heavy atom. The highest BCUT2D eigenvalue weighted by atomic mass is 19.1. The predicted octanol–water partition coefficient (Wildman–Crippen LogP) is 3.09. The van der Waals surface area contributed by atoms with Gasteiger partial charge in [-0.2, -0.15) is 0 Å². The third kappa shape index (κ3) is 4.37. The summed E-state index contributed by atoms with van der Waals surface area (Å²) in [6, 6.07) is 14.6. The molecule has 2 aromatic carbocycles. The molecule has 0 atom stereocenters. The Morgan fingerprint density at radius 1 is 1.18 bits per heavy atom. The average Bonchev–Trinajstić information content (AvgIpc) is 3.11. The topological polar surface area (TPSA) is 54.6 Å². The number of hydrogen-bond acceptors (Lipinski definition) is 6. The van der Waals surface area contributed by atoms with Gasteiger partial charge in [0.05, 0.1) is 0 Å². The van der Waals surface area contributed by atoms with Crippen LogP contribution >= 0.6 is 0 Å². The summed E-state index contributed by atoms with van der Waals surface area (Å²) in [4.78, 5) is 3.83. The van der Waals surface area contributed by atoms with Crippen LogP contribution in [0.15, 0.2) is 52.9 Å². The largest absolute Gasteiger partial charge is 0.488 e. The van der Waals surface area contributed by atoms with Crippen LogP contribution in [0.25, 0.3) is 11.5 Å². The number of halogens is 1. The maximum absolute atomic E-state index is 14.1. The van der Waals surface area contributed by atoms with Crippen molar-refractivity contribution in [2.75, 3.05) is 27.2 Å². The van der Waals surface area contributed by atoms with E-state index in [0.717, 1.165) is 5.56 Å². The Labute approximate surface area is 163 Å². The second kappa shape index (κ2) is 8.08. The summed E-state index contributed by atoms with van der Waals surface area (Å²) in [5.74, 6) is 1.08. The third-order valence-electron chi connectivity index (χ3n) is 4.36. The molecular formula is C21H21FN4O2. The van der Waals surface area contributed by atoms with E-state index in [1.165, 1.54) is 6.07 Å². The fraction of sp³-hybridized carbons (Fsp3) is 0.286. The zero-order valence-corrected chi connectivity index (χ0v) is 15.8. The number of ether oxygens (including phenoxy) is 1. The molecule has 0 spiro atoms. The van der Waals surface area contributed by atoms with Crippen LogP contribution in [-0.4, -0.2) is 53.3 Å². The highest BCUT2D eigenvalue weighted by Gasteiger charge is 2.31. The molecule has 2 heterocycles. The van der Waals surface area contributed by atoms with Crippen molar-refractivity contribution in [3.63, 3.8) is 0 Å². The van der Waals surface area contributed by atoms with Crippen molar-refractivity contribution in [1.82, 2.24) is 20.0 Å². The van der Waals surface area contributed by atoms with E-state index < -0.39 is 0 Å². The lowest BCUT2D eigenvalue weighted by Gasteiger charge is -2.37. The summed E-state index contributed by atoms with van der Waals surface area (Å²) >= 11 is 0. The molecule has 0 unspecified atom stereocenters. The van der Waals surface area contributed by atoms with Gasteiger partial charge < -0.3 is 14.1 Å². The van der Waals surface area contributed by atoms with E-state index in [-0.39, 0.29) is 11.9 Å².